The van der Waals surface area contributed by atoms with E-state index in [1.165, 1.54) is 0 Å². The topological polar surface area (TPSA) is 98.0 Å². The normalized spacial score (nSPS) is 21.9. The molecule has 0 aromatic carbocycles. The van der Waals surface area contributed by atoms with Crippen molar-refractivity contribution in [3.8, 4) is 0 Å². The van der Waals surface area contributed by atoms with E-state index >= 15 is 0 Å². The van der Waals surface area contributed by atoms with Crippen molar-refractivity contribution in [1.29, 1.82) is 0 Å². The van der Waals surface area contributed by atoms with Crippen molar-refractivity contribution in [2.45, 2.75) is 16.6 Å². The van der Waals surface area contributed by atoms with E-state index in [9.17, 15) is 4.79 Å². The molecule has 5 nitrogen and oxygen atoms in total. The van der Waals surface area contributed by atoms with E-state index in [2.05, 4.69) is 0 Å². The van der Waals surface area contributed by atoms with E-state index < -0.39 is 23.2 Å². The van der Waals surface area contributed by atoms with Crippen molar-refractivity contribution >= 4 is 23.1 Å². The summed E-state index contributed by atoms with van der Waals surface area (Å²) in [5.74, 6) is 0. The quantitative estimate of drug-likeness (QED) is 0.291. The molecule has 66 valence electrons. The van der Waals surface area contributed by atoms with Gasteiger partial charge in [0, 0.05) is 0 Å². The summed E-state index contributed by atoms with van der Waals surface area (Å²) in [7, 11) is 0. The van der Waals surface area contributed by atoms with Crippen LogP contribution in [0.1, 0.15) is 0 Å². The van der Waals surface area contributed by atoms with Crippen molar-refractivity contribution in [1.82, 2.24) is 0 Å². The molecule has 0 radical (unpaired) electrons. The van der Waals surface area contributed by atoms with Gasteiger partial charge in [-0.1, -0.05) is 0 Å². The van der Waals surface area contributed by atoms with Gasteiger partial charge >= 0.3 is 71.6 Å². The fourth-order valence-electron chi connectivity index (χ4n) is 0.464. The number of hydrogen-bond donors (Lipinski definition) is 4. The molecule has 0 aliphatic carbocycles. The molecular formula is C5H11AsO5. The van der Waals surface area contributed by atoms with Crippen LogP contribution in [-0.2, 0) is 4.79 Å². The minimum absolute atomic E-state index is 0.102. The third-order valence-electron chi connectivity index (χ3n) is 1.23. The number of carbonyl (C=O) groups is 1. The second kappa shape index (κ2) is 4.18. The van der Waals surface area contributed by atoms with Crippen LogP contribution in [0.3, 0.4) is 0 Å². The Hall–Kier alpha value is 0.0684. The molecule has 0 aliphatic heterocycles. The van der Waals surface area contributed by atoms with Crippen LogP contribution in [0, 0.1) is 0 Å². The monoisotopic (exact) mass is 226 g/mol. The van der Waals surface area contributed by atoms with Gasteiger partial charge < -0.3 is 0 Å². The zero-order valence-electron chi connectivity index (χ0n) is 5.71. The molecule has 0 fully saturated rings. The first-order chi connectivity index (χ1) is 4.95. The molecule has 0 aromatic heterocycles. The Kier molecular flexibility index (Phi) is 4.21. The number of aldehydes is 1. The van der Waals surface area contributed by atoms with Crippen molar-refractivity contribution in [2.75, 3.05) is 6.61 Å². The summed E-state index contributed by atoms with van der Waals surface area (Å²) in [5, 5.41) is 35.3. The fourth-order valence-corrected chi connectivity index (χ4v) is 0.877. The number of carbonyl (C=O) groups excluding carboxylic acids is 1. The van der Waals surface area contributed by atoms with Crippen LogP contribution in [0.5, 0.6) is 0 Å². The fraction of sp³-hybridized carbons (Fsp3) is 0.800. The first-order valence-corrected chi connectivity index (χ1v) is 4.10. The molecule has 0 bridgehead atoms. The second-order valence-corrected chi connectivity index (χ2v) is 4.32. The molecule has 0 amide bonds. The number of hydrogen-bond acceptors (Lipinski definition) is 5. The molecule has 0 rings (SSSR count). The predicted molar refractivity (Wildman–Crippen MR) is 38.7 cm³/mol. The van der Waals surface area contributed by atoms with Crippen LogP contribution in [0.15, 0.2) is 0 Å². The van der Waals surface area contributed by atoms with Gasteiger partial charge in [-0.15, -0.1) is 0 Å². The summed E-state index contributed by atoms with van der Waals surface area (Å²) in [6, 6.07) is 0. The van der Waals surface area contributed by atoms with E-state index in [1.54, 1.807) is 0 Å². The summed E-state index contributed by atoms with van der Waals surface area (Å²) in [6.45, 7) is -0.695. The van der Waals surface area contributed by atoms with Crippen LogP contribution >= 0.6 is 0 Å². The third kappa shape index (κ3) is 2.89. The average Bonchev–Trinajstić information content (AvgIpc) is 2.01. The molecule has 0 aliphatic rings. The minimum atomic E-state index is -1.78. The Bertz CT molecular complexity index is 137. The third-order valence-corrected chi connectivity index (χ3v) is 2.33. The van der Waals surface area contributed by atoms with Crippen LogP contribution in [0.4, 0.5) is 0 Å². The zero-order chi connectivity index (χ0) is 9.07. The van der Waals surface area contributed by atoms with E-state index in [0.29, 0.717) is 16.9 Å². The van der Waals surface area contributed by atoms with Gasteiger partial charge in [0.2, 0.25) is 0 Å². The zero-order valence-corrected chi connectivity index (χ0v) is 8.14. The predicted octanol–water partition coefficient (Wildman–Crippen LogP) is -3.78. The number of aliphatic hydroxyl groups is 4. The maximum atomic E-state index is 9.91. The van der Waals surface area contributed by atoms with Gasteiger partial charge in [0.1, 0.15) is 0 Å². The second-order valence-electron chi connectivity index (χ2n) is 2.22. The summed E-state index contributed by atoms with van der Waals surface area (Å²) in [4.78, 5) is 9.91. The Morgan fingerprint density at radius 1 is 1.55 bits per heavy atom. The van der Waals surface area contributed by atoms with Crippen molar-refractivity contribution < 1.29 is 25.2 Å². The molecule has 0 heterocycles. The van der Waals surface area contributed by atoms with Crippen LogP contribution in [0.25, 0.3) is 0 Å². The first kappa shape index (κ1) is 11.1. The van der Waals surface area contributed by atoms with Gasteiger partial charge in [0.15, 0.2) is 0 Å². The number of aliphatic hydroxyl groups excluding tert-OH is 3. The summed E-state index contributed by atoms with van der Waals surface area (Å²) in [5.41, 5.74) is 0. The van der Waals surface area contributed by atoms with Gasteiger partial charge in [-0.05, 0) is 0 Å². The summed E-state index contributed by atoms with van der Waals surface area (Å²) >= 11 is 0.646. The van der Waals surface area contributed by atoms with Crippen LogP contribution in [-0.4, -0.2) is 66.8 Å². The van der Waals surface area contributed by atoms with Crippen molar-refractivity contribution in [3.63, 3.8) is 0 Å². The molecule has 6 heteroatoms. The average molecular weight is 226 g/mol. The molecule has 0 aromatic rings. The molecule has 4 N–H and O–H groups in total. The van der Waals surface area contributed by atoms with Gasteiger partial charge in [-0.3, -0.25) is 0 Å². The Morgan fingerprint density at radius 2 is 2.00 bits per heavy atom. The molecule has 1 unspecified atom stereocenters. The van der Waals surface area contributed by atoms with E-state index in [0.717, 1.165) is 0 Å². The molecule has 11 heavy (non-hydrogen) atoms. The molecular weight excluding hydrogens is 215 g/mol. The van der Waals surface area contributed by atoms with Crippen LogP contribution < -0.4 is 0 Å². The maximum absolute atomic E-state index is 9.91. The molecule has 0 saturated carbocycles. The van der Waals surface area contributed by atoms with Crippen molar-refractivity contribution in [3.05, 3.63) is 0 Å². The van der Waals surface area contributed by atoms with Crippen molar-refractivity contribution in [2.24, 2.45) is 0 Å². The van der Waals surface area contributed by atoms with Gasteiger partial charge in [-0.25, -0.2) is 0 Å². The van der Waals surface area contributed by atoms with Gasteiger partial charge in [0.05, 0.1) is 0 Å². The van der Waals surface area contributed by atoms with Crippen LogP contribution in [0.2, 0.25) is 0 Å². The van der Waals surface area contributed by atoms with Gasteiger partial charge in [0.25, 0.3) is 0 Å². The molecule has 0 saturated heterocycles. The SMILES string of the molecule is O=C[C@H](O)[C@@H](O)[C@](O)([AsH2])CO. The molecule has 4 atom stereocenters. The Balaban J connectivity index is 4.21. The Labute approximate surface area is 72.2 Å². The Morgan fingerprint density at radius 3 is 2.27 bits per heavy atom. The summed E-state index contributed by atoms with van der Waals surface area (Å²) < 4.78 is -1.78. The molecule has 0 spiro atoms. The standard InChI is InChI=1S/C5H11AsO5/c6-5(11,2-8)4(10)3(9)1-7/h1,3-4,8-11H,2,6H2/t3-,4+,5-/m0/s1. The van der Waals surface area contributed by atoms with E-state index in [1.807, 2.05) is 0 Å². The van der Waals surface area contributed by atoms with Gasteiger partial charge in [-0.2, -0.15) is 0 Å². The summed E-state index contributed by atoms with van der Waals surface area (Å²) in [6.07, 6.45) is -3.19. The van der Waals surface area contributed by atoms with E-state index in [-0.39, 0.29) is 6.29 Å². The number of rotatable bonds is 4. The first-order valence-electron chi connectivity index (χ1n) is 2.89. The van der Waals surface area contributed by atoms with E-state index in [4.69, 9.17) is 20.4 Å².